The Kier molecular flexibility index (Phi) is 2.40. The predicted octanol–water partition coefficient (Wildman–Crippen LogP) is 2.24. The standard InChI is InChI=1S/C11H11N3/c1-14(10-4-2-6-12-8-10)11-5-3-7-13-9-11/h2-9H,1H3. The maximum Gasteiger partial charge on any atom is 0.0594 e. The van der Waals surface area contributed by atoms with E-state index in [0.29, 0.717) is 0 Å². The average Bonchev–Trinajstić information content (AvgIpc) is 2.30. The normalized spacial score (nSPS) is 9.79. The number of pyridine rings is 2. The average molecular weight is 185 g/mol. The van der Waals surface area contributed by atoms with E-state index in [2.05, 4.69) is 9.97 Å². The molecule has 0 aromatic carbocycles. The van der Waals surface area contributed by atoms with Crippen LogP contribution in [-0.2, 0) is 0 Å². The van der Waals surface area contributed by atoms with Gasteiger partial charge in [0.25, 0.3) is 0 Å². The van der Waals surface area contributed by atoms with Crippen molar-refractivity contribution in [2.75, 3.05) is 11.9 Å². The van der Waals surface area contributed by atoms with Crippen molar-refractivity contribution in [1.29, 1.82) is 0 Å². The first-order chi connectivity index (χ1) is 6.88. The lowest BCUT2D eigenvalue weighted by molar-refractivity contribution is 1.15. The third-order valence-electron chi connectivity index (χ3n) is 2.07. The fraction of sp³-hybridized carbons (Fsp3) is 0.0909. The van der Waals surface area contributed by atoms with Crippen LogP contribution in [0.3, 0.4) is 0 Å². The fourth-order valence-electron chi connectivity index (χ4n) is 1.25. The highest BCUT2D eigenvalue weighted by Crippen LogP contribution is 2.20. The quantitative estimate of drug-likeness (QED) is 0.718. The third-order valence-corrected chi connectivity index (χ3v) is 2.07. The highest BCUT2D eigenvalue weighted by atomic mass is 15.1. The molecule has 14 heavy (non-hydrogen) atoms. The monoisotopic (exact) mass is 185 g/mol. The molecule has 2 aromatic rings. The molecule has 0 amide bonds. The number of nitrogens with zero attached hydrogens (tertiary/aromatic N) is 3. The Morgan fingerprint density at radius 1 is 0.929 bits per heavy atom. The number of anilines is 2. The van der Waals surface area contributed by atoms with Gasteiger partial charge in [-0.25, -0.2) is 0 Å². The molecular weight excluding hydrogens is 174 g/mol. The maximum atomic E-state index is 4.07. The molecule has 0 saturated heterocycles. The number of rotatable bonds is 2. The van der Waals surface area contributed by atoms with Crippen LogP contribution in [0.15, 0.2) is 49.1 Å². The van der Waals surface area contributed by atoms with E-state index in [0.717, 1.165) is 11.4 Å². The Bertz CT molecular complexity index is 346. The molecule has 3 nitrogen and oxygen atoms in total. The van der Waals surface area contributed by atoms with Crippen molar-refractivity contribution in [3.8, 4) is 0 Å². The van der Waals surface area contributed by atoms with Crippen LogP contribution in [0.5, 0.6) is 0 Å². The van der Waals surface area contributed by atoms with E-state index in [1.807, 2.05) is 48.6 Å². The minimum atomic E-state index is 1.06. The van der Waals surface area contributed by atoms with Crippen molar-refractivity contribution in [2.45, 2.75) is 0 Å². The molecule has 0 bridgehead atoms. The minimum Gasteiger partial charge on any atom is -0.342 e. The Hall–Kier alpha value is -1.90. The lowest BCUT2D eigenvalue weighted by atomic mass is 10.3. The summed E-state index contributed by atoms with van der Waals surface area (Å²) in [5, 5.41) is 0. The second-order valence-corrected chi connectivity index (χ2v) is 2.98. The van der Waals surface area contributed by atoms with E-state index in [-0.39, 0.29) is 0 Å². The molecule has 0 spiro atoms. The van der Waals surface area contributed by atoms with Gasteiger partial charge in [0.1, 0.15) is 0 Å². The molecular formula is C11H11N3. The van der Waals surface area contributed by atoms with Gasteiger partial charge in [0, 0.05) is 19.4 Å². The zero-order valence-electron chi connectivity index (χ0n) is 7.96. The van der Waals surface area contributed by atoms with Crippen molar-refractivity contribution >= 4 is 11.4 Å². The summed E-state index contributed by atoms with van der Waals surface area (Å²) in [7, 11) is 1.99. The van der Waals surface area contributed by atoms with Crippen molar-refractivity contribution in [1.82, 2.24) is 9.97 Å². The molecule has 0 N–H and O–H groups in total. The third kappa shape index (κ3) is 1.71. The molecule has 0 aliphatic heterocycles. The van der Waals surface area contributed by atoms with Crippen LogP contribution in [-0.4, -0.2) is 17.0 Å². The molecule has 0 unspecified atom stereocenters. The van der Waals surface area contributed by atoms with E-state index in [1.54, 1.807) is 12.4 Å². The van der Waals surface area contributed by atoms with Crippen molar-refractivity contribution < 1.29 is 0 Å². The first-order valence-corrected chi connectivity index (χ1v) is 4.42. The van der Waals surface area contributed by atoms with Gasteiger partial charge in [0.15, 0.2) is 0 Å². The summed E-state index contributed by atoms with van der Waals surface area (Å²) in [6.07, 6.45) is 7.18. The summed E-state index contributed by atoms with van der Waals surface area (Å²) in [4.78, 5) is 10.2. The minimum absolute atomic E-state index is 1.06. The molecule has 3 heteroatoms. The SMILES string of the molecule is CN(c1cccnc1)c1cccnc1. The lowest BCUT2D eigenvalue weighted by Gasteiger charge is -2.17. The van der Waals surface area contributed by atoms with Crippen molar-refractivity contribution in [2.24, 2.45) is 0 Å². The zero-order chi connectivity index (χ0) is 9.80. The summed E-state index contributed by atoms with van der Waals surface area (Å²) in [6.45, 7) is 0. The molecule has 0 aliphatic rings. The summed E-state index contributed by atoms with van der Waals surface area (Å²) in [5.74, 6) is 0. The summed E-state index contributed by atoms with van der Waals surface area (Å²) < 4.78 is 0. The van der Waals surface area contributed by atoms with Gasteiger partial charge in [-0.05, 0) is 24.3 Å². The molecule has 0 atom stereocenters. The molecule has 2 heterocycles. The van der Waals surface area contributed by atoms with E-state index < -0.39 is 0 Å². The van der Waals surface area contributed by atoms with Gasteiger partial charge >= 0.3 is 0 Å². The van der Waals surface area contributed by atoms with Crippen LogP contribution in [0, 0.1) is 0 Å². The van der Waals surface area contributed by atoms with Gasteiger partial charge in [-0.3, -0.25) is 9.97 Å². The van der Waals surface area contributed by atoms with Gasteiger partial charge in [0.2, 0.25) is 0 Å². The van der Waals surface area contributed by atoms with Crippen LogP contribution in [0.25, 0.3) is 0 Å². The van der Waals surface area contributed by atoms with E-state index in [9.17, 15) is 0 Å². The number of aromatic nitrogens is 2. The zero-order valence-corrected chi connectivity index (χ0v) is 7.96. The molecule has 0 saturated carbocycles. The van der Waals surface area contributed by atoms with E-state index >= 15 is 0 Å². The van der Waals surface area contributed by atoms with Crippen LogP contribution in [0.2, 0.25) is 0 Å². The highest BCUT2D eigenvalue weighted by Gasteiger charge is 2.01. The Morgan fingerprint density at radius 3 is 1.79 bits per heavy atom. The summed E-state index contributed by atoms with van der Waals surface area (Å²) in [6, 6.07) is 7.87. The van der Waals surface area contributed by atoms with E-state index in [1.165, 1.54) is 0 Å². The van der Waals surface area contributed by atoms with E-state index in [4.69, 9.17) is 0 Å². The van der Waals surface area contributed by atoms with Crippen LogP contribution < -0.4 is 4.90 Å². The van der Waals surface area contributed by atoms with Gasteiger partial charge in [-0.1, -0.05) is 0 Å². The molecule has 0 aliphatic carbocycles. The lowest BCUT2D eigenvalue weighted by Crippen LogP contribution is -2.09. The largest absolute Gasteiger partial charge is 0.342 e. The van der Waals surface area contributed by atoms with Crippen molar-refractivity contribution in [3.05, 3.63) is 49.1 Å². The Morgan fingerprint density at radius 2 is 1.43 bits per heavy atom. The first kappa shape index (κ1) is 8.69. The van der Waals surface area contributed by atoms with Crippen LogP contribution in [0.1, 0.15) is 0 Å². The number of hydrogen-bond acceptors (Lipinski definition) is 3. The summed E-state index contributed by atoms with van der Waals surface area (Å²) >= 11 is 0. The topological polar surface area (TPSA) is 29.0 Å². The molecule has 0 fully saturated rings. The van der Waals surface area contributed by atoms with Crippen LogP contribution in [0.4, 0.5) is 11.4 Å². The molecule has 2 rings (SSSR count). The van der Waals surface area contributed by atoms with Gasteiger partial charge in [-0.15, -0.1) is 0 Å². The fourth-order valence-corrected chi connectivity index (χ4v) is 1.25. The van der Waals surface area contributed by atoms with Crippen LogP contribution >= 0.6 is 0 Å². The van der Waals surface area contributed by atoms with Gasteiger partial charge in [0.05, 0.1) is 23.8 Å². The smallest absolute Gasteiger partial charge is 0.0594 e. The van der Waals surface area contributed by atoms with Crippen molar-refractivity contribution in [3.63, 3.8) is 0 Å². The first-order valence-electron chi connectivity index (χ1n) is 4.42. The van der Waals surface area contributed by atoms with Gasteiger partial charge in [-0.2, -0.15) is 0 Å². The molecule has 2 aromatic heterocycles. The Balaban J connectivity index is 2.30. The van der Waals surface area contributed by atoms with Gasteiger partial charge < -0.3 is 4.90 Å². The summed E-state index contributed by atoms with van der Waals surface area (Å²) in [5.41, 5.74) is 2.11. The predicted molar refractivity (Wildman–Crippen MR) is 56.5 cm³/mol. The number of hydrogen-bond donors (Lipinski definition) is 0. The second kappa shape index (κ2) is 3.87. The highest BCUT2D eigenvalue weighted by molar-refractivity contribution is 5.59. The molecule has 0 radical (unpaired) electrons. The second-order valence-electron chi connectivity index (χ2n) is 2.98. The maximum absolute atomic E-state index is 4.07. The Labute approximate surface area is 83.1 Å². The molecule has 70 valence electrons.